The number of aromatic nitrogens is 2. The maximum absolute atomic E-state index is 10.8. The van der Waals surface area contributed by atoms with Crippen molar-refractivity contribution in [1.82, 2.24) is 14.5 Å². The van der Waals surface area contributed by atoms with E-state index < -0.39 is 6.10 Å². The van der Waals surface area contributed by atoms with Gasteiger partial charge < -0.3 is 19.1 Å². The van der Waals surface area contributed by atoms with E-state index in [2.05, 4.69) is 9.47 Å². The van der Waals surface area contributed by atoms with Crippen molar-refractivity contribution in [1.29, 1.82) is 0 Å². The Morgan fingerprint density at radius 2 is 1.75 bits per heavy atom. The summed E-state index contributed by atoms with van der Waals surface area (Å²) >= 11 is 0. The van der Waals surface area contributed by atoms with E-state index in [4.69, 9.17) is 14.5 Å². The van der Waals surface area contributed by atoms with E-state index in [-0.39, 0.29) is 6.10 Å². The van der Waals surface area contributed by atoms with Gasteiger partial charge in [-0.1, -0.05) is 30.3 Å². The first-order valence-electron chi connectivity index (χ1n) is 9.86. The molecule has 0 saturated carbocycles. The summed E-state index contributed by atoms with van der Waals surface area (Å²) in [5.41, 5.74) is 1.93. The Labute approximate surface area is 165 Å². The molecule has 148 valence electrons. The van der Waals surface area contributed by atoms with Crippen LogP contribution < -0.4 is 4.74 Å². The first-order chi connectivity index (χ1) is 13.7. The zero-order valence-corrected chi connectivity index (χ0v) is 16.2. The number of imidazole rings is 1. The maximum atomic E-state index is 10.8. The fourth-order valence-electron chi connectivity index (χ4n) is 3.70. The van der Waals surface area contributed by atoms with Gasteiger partial charge in [0.1, 0.15) is 5.75 Å². The molecular formula is C22H27N3O3. The van der Waals surface area contributed by atoms with Gasteiger partial charge in [-0.2, -0.15) is 0 Å². The molecule has 1 fully saturated rings. The molecular weight excluding hydrogens is 354 g/mol. The quantitative estimate of drug-likeness (QED) is 0.682. The third-order valence-corrected chi connectivity index (χ3v) is 5.07. The first kappa shape index (κ1) is 18.9. The number of β-amino-alcohol motifs (C(OH)–C–C–N with tert-alkyl or cyclic N) is 1. The van der Waals surface area contributed by atoms with Crippen LogP contribution in [0.5, 0.6) is 5.75 Å². The van der Waals surface area contributed by atoms with Gasteiger partial charge in [-0.15, -0.1) is 0 Å². The highest BCUT2D eigenvalue weighted by atomic mass is 16.5. The summed E-state index contributed by atoms with van der Waals surface area (Å²) in [5.74, 6) is 1.63. The summed E-state index contributed by atoms with van der Waals surface area (Å²) in [6.45, 7) is 6.30. The Morgan fingerprint density at radius 3 is 2.54 bits per heavy atom. The molecule has 2 heterocycles. The number of hydrogen-bond donors (Lipinski definition) is 1. The SMILES string of the molecule is C[C@H](Oc1ccccc1)c1nc2ccccc2n1C[C@H](O)CN1CCOCC1. The van der Waals surface area contributed by atoms with Crippen LogP contribution in [0.1, 0.15) is 18.9 Å². The number of hydrogen-bond acceptors (Lipinski definition) is 5. The van der Waals surface area contributed by atoms with Crippen molar-refractivity contribution in [3.05, 3.63) is 60.4 Å². The molecule has 1 aliphatic heterocycles. The third-order valence-electron chi connectivity index (χ3n) is 5.07. The van der Waals surface area contributed by atoms with Crippen LogP contribution in [0, 0.1) is 0 Å². The summed E-state index contributed by atoms with van der Waals surface area (Å²) in [6.07, 6.45) is -0.719. The van der Waals surface area contributed by atoms with Crippen LogP contribution in [0.15, 0.2) is 54.6 Å². The maximum Gasteiger partial charge on any atom is 0.153 e. The van der Waals surface area contributed by atoms with Crippen molar-refractivity contribution in [2.75, 3.05) is 32.8 Å². The monoisotopic (exact) mass is 381 g/mol. The number of ether oxygens (including phenoxy) is 2. The summed E-state index contributed by atoms with van der Waals surface area (Å²) in [4.78, 5) is 7.05. The molecule has 2 aromatic carbocycles. The van der Waals surface area contributed by atoms with Gasteiger partial charge in [-0.25, -0.2) is 4.98 Å². The number of morpholine rings is 1. The topological polar surface area (TPSA) is 59.8 Å². The summed E-state index contributed by atoms with van der Waals surface area (Å²) in [6, 6.07) is 17.8. The minimum atomic E-state index is -0.488. The van der Waals surface area contributed by atoms with E-state index in [0.29, 0.717) is 13.1 Å². The smallest absolute Gasteiger partial charge is 0.153 e. The molecule has 4 rings (SSSR count). The molecule has 0 amide bonds. The minimum absolute atomic E-state index is 0.231. The van der Waals surface area contributed by atoms with Gasteiger partial charge in [0.05, 0.1) is 36.9 Å². The van der Waals surface area contributed by atoms with Gasteiger partial charge in [-0.3, -0.25) is 4.90 Å². The predicted molar refractivity (Wildman–Crippen MR) is 108 cm³/mol. The Kier molecular flexibility index (Phi) is 5.90. The average molecular weight is 381 g/mol. The second-order valence-corrected chi connectivity index (χ2v) is 7.21. The lowest BCUT2D eigenvalue weighted by Crippen LogP contribution is -2.42. The van der Waals surface area contributed by atoms with Crippen LogP contribution in [0.2, 0.25) is 0 Å². The zero-order valence-electron chi connectivity index (χ0n) is 16.2. The van der Waals surface area contributed by atoms with Crippen LogP contribution in [-0.4, -0.2) is 58.5 Å². The molecule has 28 heavy (non-hydrogen) atoms. The highest BCUT2D eigenvalue weighted by Crippen LogP contribution is 2.25. The summed E-state index contributed by atoms with van der Waals surface area (Å²) in [5, 5.41) is 10.8. The molecule has 0 spiro atoms. The molecule has 2 atom stereocenters. The molecule has 1 aromatic heterocycles. The van der Waals surface area contributed by atoms with Crippen LogP contribution >= 0.6 is 0 Å². The van der Waals surface area contributed by atoms with Crippen molar-refractivity contribution in [2.24, 2.45) is 0 Å². The minimum Gasteiger partial charge on any atom is -0.483 e. The number of benzene rings is 2. The van der Waals surface area contributed by atoms with Gasteiger partial charge in [0.15, 0.2) is 11.9 Å². The molecule has 1 saturated heterocycles. The first-order valence-corrected chi connectivity index (χ1v) is 9.86. The number of nitrogens with zero attached hydrogens (tertiary/aromatic N) is 3. The Bertz CT molecular complexity index is 890. The second kappa shape index (κ2) is 8.73. The molecule has 1 aliphatic rings. The van der Waals surface area contributed by atoms with E-state index in [0.717, 1.165) is 48.9 Å². The molecule has 0 unspecified atom stereocenters. The zero-order chi connectivity index (χ0) is 19.3. The van der Waals surface area contributed by atoms with Crippen LogP contribution in [-0.2, 0) is 11.3 Å². The number of para-hydroxylation sites is 3. The van der Waals surface area contributed by atoms with E-state index in [1.807, 2.05) is 61.5 Å². The molecule has 0 radical (unpaired) electrons. The van der Waals surface area contributed by atoms with Gasteiger partial charge in [0, 0.05) is 19.6 Å². The Hall–Kier alpha value is -2.41. The van der Waals surface area contributed by atoms with Crippen LogP contribution in [0.3, 0.4) is 0 Å². The van der Waals surface area contributed by atoms with Gasteiger partial charge >= 0.3 is 0 Å². The molecule has 1 N–H and O–H groups in total. The molecule has 0 aliphatic carbocycles. The molecule has 0 bridgehead atoms. The van der Waals surface area contributed by atoms with Crippen molar-refractivity contribution < 1.29 is 14.6 Å². The lowest BCUT2D eigenvalue weighted by Gasteiger charge is -2.29. The van der Waals surface area contributed by atoms with E-state index >= 15 is 0 Å². The van der Waals surface area contributed by atoms with Crippen molar-refractivity contribution in [2.45, 2.75) is 25.7 Å². The largest absolute Gasteiger partial charge is 0.483 e. The lowest BCUT2D eigenvalue weighted by molar-refractivity contribution is 0.0113. The standard InChI is InChI=1S/C22H27N3O3/c1-17(28-19-7-3-2-4-8-19)22-23-20-9-5-6-10-21(20)25(22)16-18(26)15-24-11-13-27-14-12-24/h2-10,17-18,26H,11-16H2,1H3/t17-,18+/m0/s1. The van der Waals surface area contributed by atoms with Gasteiger partial charge in [0.2, 0.25) is 0 Å². The normalized spacial score (nSPS) is 17.5. The fraction of sp³-hybridized carbons (Fsp3) is 0.409. The van der Waals surface area contributed by atoms with Crippen LogP contribution in [0.4, 0.5) is 0 Å². The van der Waals surface area contributed by atoms with E-state index in [9.17, 15) is 5.11 Å². The van der Waals surface area contributed by atoms with Crippen molar-refractivity contribution >= 4 is 11.0 Å². The van der Waals surface area contributed by atoms with Gasteiger partial charge in [0.25, 0.3) is 0 Å². The van der Waals surface area contributed by atoms with E-state index in [1.165, 1.54) is 0 Å². The Balaban J connectivity index is 1.56. The number of aliphatic hydroxyl groups excluding tert-OH is 1. The van der Waals surface area contributed by atoms with Crippen molar-refractivity contribution in [3.8, 4) is 5.75 Å². The summed E-state index contributed by atoms with van der Waals surface area (Å²) in [7, 11) is 0. The third kappa shape index (κ3) is 4.35. The second-order valence-electron chi connectivity index (χ2n) is 7.21. The summed E-state index contributed by atoms with van der Waals surface area (Å²) < 4.78 is 13.6. The molecule has 6 nitrogen and oxygen atoms in total. The molecule has 6 heteroatoms. The highest BCUT2D eigenvalue weighted by Gasteiger charge is 2.21. The Morgan fingerprint density at radius 1 is 1.04 bits per heavy atom. The van der Waals surface area contributed by atoms with Crippen LogP contribution in [0.25, 0.3) is 11.0 Å². The number of fused-ring (bicyclic) bond motifs is 1. The average Bonchev–Trinajstić information content (AvgIpc) is 3.08. The fourth-order valence-corrected chi connectivity index (χ4v) is 3.70. The van der Waals surface area contributed by atoms with E-state index in [1.54, 1.807) is 0 Å². The van der Waals surface area contributed by atoms with Gasteiger partial charge in [-0.05, 0) is 31.2 Å². The highest BCUT2D eigenvalue weighted by molar-refractivity contribution is 5.76. The number of rotatable bonds is 7. The van der Waals surface area contributed by atoms with Crippen molar-refractivity contribution in [3.63, 3.8) is 0 Å². The number of aliphatic hydroxyl groups is 1. The lowest BCUT2D eigenvalue weighted by atomic mass is 10.2. The molecule has 3 aromatic rings. The predicted octanol–water partition coefficient (Wildman–Crippen LogP) is 2.87.